The molecule has 1 heterocycles. The van der Waals surface area contributed by atoms with Gasteiger partial charge in [0.05, 0.1) is 6.10 Å². The lowest BCUT2D eigenvalue weighted by molar-refractivity contribution is 0.161. The maximum absolute atomic E-state index is 5.88. The summed E-state index contributed by atoms with van der Waals surface area (Å²) in [5.74, 6) is 1.03. The van der Waals surface area contributed by atoms with Gasteiger partial charge in [-0.25, -0.2) is 0 Å². The maximum Gasteiger partial charge on any atom is 0.124 e. The minimum atomic E-state index is 0.228. The Morgan fingerprint density at radius 3 is 2.89 bits per heavy atom. The van der Waals surface area contributed by atoms with Gasteiger partial charge < -0.3 is 10.1 Å². The highest BCUT2D eigenvalue weighted by Gasteiger charge is 2.19. The average molecular weight is 248 g/mol. The molecule has 1 aliphatic heterocycles. The number of hydrogen-bond donors (Lipinski definition) is 1. The minimum Gasteiger partial charge on any atom is -0.491 e. The molecule has 1 aromatic carbocycles. The number of piperazine rings is 1. The molecule has 0 aliphatic carbocycles. The van der Waals surface area contributed by atoms with Crippen molar-refractivity contribution in [2.75, 3.05) is 19.6 Å². The van der Waals surface area contributed by atoms with Crippen LogP contribution >= 0.6 is 0 Å². The highest BCUT2D eigenvalue weighted by molar-refractivity contribution is 5.33. The van der Waals surface area contributed by atoms with Crippen LogP contribution in [0.4, 0.5) is 0 Å². The van der Waals surface area contributed by atoms with E-state index in [1.807, 2.05) is 6.07 Å². The van der Waals surface area contributed by atoms with Crippen LogP contribution in [-0.2, 0) is 6.54 Å². The molecule has 18 heavy (non-hydrogen) atoms. The Hall–Kier alpha value is -1.06. The van der Waals surface area contributed by atoms with Crippen molar-refractivity contribution in [2.24, 2.45) is 0 Å². The fraction of sp³-hybridized carbons (Fsp3) is 0.600. The zero-order valence-corrected chi connectivity index (χ0v) is 11.6. The summed E-state index contributed by atoms with van der Waals surface area (Å²) < 4.78 is 5.88. The van der Waals surface area contributed by atoms with Crippen molar-refractivity contribution in [2.45, 2.75) is 39.5 Å². The predicted octanol–water partition coefficient (Wildman–Crippen LogP) is 2.27. The van der Waals surface area contributed by atoms with Gasteiger partial charge in [0.2, 0.25) is 0 Å². The monoisotopic (exact) mass is 248 g/mol. The molecule has 1 fully saturated rings. The first-order chi connectivity index (χ1) is 8.66. The van der Waals surface area contributed by atoms with E-state index in [0.29, 0.717) is 6.04 Å². The van der Waals surface area contributed by atoms with Crippen molar-refractivity contribution in [1.29, 1.82) is 0 Å². The Balaban J connectivity index is 2.07. The van der Waals surface area contributed by atoms with Crippen LogP contribution in [-0.4, -0.2) is 36.7 Å². The second-order valence-electron chi connectivity index (χ2n) is 5.30. The molecule has 0 unspecified atom stereocenters. The molecule has 1 aliphatic rings. The first kappa shape index (κ1) is 13.4. The fourth-order valence-electron chi connectivity index (χ4n) is 2.34. The number of nitrogens with zero attached hydrogens (tertiary/aromatic N) is 1. The molecule has 0 amide bonds. The standard InChI is InChI=1S/C15H24N2O/c1-12(2)18-15-7-5-4-6-14(15)11-17-9-8-16-10-13(17)3/h4-7,12-13,16H,8-11H2,1-3H3/t13-/m0/s1. The molecule has 2 rings (SSSR count). The third-order valence-corrected chi connectivity index (χ3v) is 3.35. The first-order valence-electron chi connectivity index (χ1n) is 6.86. The van der Waals surface area contributed by atoms with Crippen molar-refractivity contribution in [1.82, 2.24) is 10.2 Å². The highest BCUT2D eigenvalue weighted by Crippen LogP contribution is 2.22. The Kier molecular flexibility index (Phi) is 4.61. The van der Waals surface area contributed by atoms with E-state index >= 15 is 0 Å². The van der Waals surface area contributed by atoms with E-state index in [1.165, 1.54) is 5.56 Å². The van der Waals surface area contributed by atoms with Gasteiger partial charge in [-0.15, -0.1) is 0 Å². The summed E-state index contributed by atoms with van der Waals surface area (Å²) in [5, 5.41) is 3.42. The molecule has 0 radical (unpaired) electrons. The van der Waals surface area contributed by atoms with E-state index in [0.717, 1.165) is 31.9 Å². The third-order valence-electron chi connectivity index (χ3n) is 3.35. The van der Waals surface area contributed by atoms with Crippen molar-refractivity contribution in [3.8, 4) is 5.75 Å². The molecular formula is C15H24N2O. The van der Waals surface area contributed by atoms with Gasteiger partial charge in [0.15, 0.2) is 0 Å². The molecule has 0 saturated carbocycles. The lowest BCUT2D eigenvalue weighted by atomic mass is 10.1. The van der Waals surface area contributed by atoms with Crippen LogP contribution in [0.1, 0.15) is 26.3 Å². The Bertz CT molecular complexity index is 379. The molecule has 3 nitrogen and oxygen atoms in total. The van der Waals surface area contributed by atoms with Crippen LogP contribution in [0.3, 0.4) is 0 Å². The Morgan fingerprint density at radius 1 is 1.39 bits per heavy atom. The topological polar surface area (TPSA) is 24.5 Å². The van der Waals surface area contributed by atoms with Gasteiger partial charge in [-0.05, 0) is 26.8 Å². The van der Waals surface area contributed by atoms with Crippen LogP contribution in [0, 0.1) is 0 Å². The second kappa shape index (κ2) is 6.21. The van der Waals surface area contributed by atoms with E-state index in [1.54, 1.807) is 0 Å². The maximum atomic E-state index is 5.88. The average Bonchev–Trinajstić information content (AvgIpc) is 2.34. The van der Waals surface area contributed by atoms with Gasteiger partial charge >= 0.3 is 0 Å². The van der Waals surface area contributed by atoms with Crippen molar-refractivity contribution >= 4 is 0 Å². The fourth-order valence-corrected chi connectivity index (χ4v) is 2.34. The molecule has 1 saturated heterocycles. The van der Waals surface area contributed by atoms with Gasteiger partial charge in [0, 0.05) is 37.8 Å². The zero-order chi connectivity index (χ0) is 13.0. The zero-order valence-electron chi connectivity index (χ0n) is 11.6. The van der Waals surface area contributed by atoms with E-state index in [4.69, 9.17) is 4.74 Å². The van der Waals surface area contributed by atoms with E-state index in [2.05, 4.69) is 49.2 Å². The Morgan fingerprint density at radius 2 is 2.17 bits per heavy atom. The van der Waals surface area contributed by atoms with Gasteiger partial charge in [0.25, 0.3) is 0 Å². The number of rotatable bonds is 4. The third kappa shape index (κ3) is 3.47. The van der Waals surface area contributed by atoms with Crippen molar-refractivity contribution < 1.29 is 4.74 Å². The van der Waals surface area contributed by atoms with Crippen LogP contribution in [0.25, 0.3) is 0 Å². The summed E-state index contributed by atoms with van der Waals surface area (Å²) in [6.07, 6.45) is 0.228. The number of ether oxygens (including phenoxy) is 1. The molecule has 0 spiro atoms. The summed E-state index contributed by atoms with van der Waals surface area (Å²) in [6, 6.07) is 8.97. The number of benzene rings is 1. The van der Waals surface area contributed by atoms with E-state index in [-0.39, 0.29) is 6.10 Å². The van der Waals surface area contributed by atoms with Crippen LogP contribution in [0.2, 0.25) is 0 Å². The molecule has 1 aromatic rings. The number of nitrogens with one attached hydrogen (secondary N) is 1. The molecule has 100 valence electrons. The van der Waals surface area contributed by atoms with Crippen LogP contribution in [0.5, 0.6) is 5.75 Å². The lowest BCUT2D eigenvalue weighted by Gasteiger charge is -2.34. The quantitative estimate of drug-likeness (QED) is 0.884. The number of para-hydroxylation sites is 1. The second-order valence-corrected chi connectivity index (χ2v) is 5.30. The Labute approximate surface area is 110 Å². The smallest absolute Gasteiger partial charge is 0.124 e. The largest absolute Gasteiger partial charge is 0.491 e. The summed E-state index contributed by atoms with van der Waals surface area (Å²) >= 11 is 0. The summed E-state index contributed by atoms with van der Waals surface area (Å²) in [7, 11) is 0. The number of hydrogen-bond acceptors (Lipinski definition) is 3. The van der Waals surface area contributed by atoms with Gasteiger partial charge in [-0.1, -0.05) is 18.2 Å². The van der Waals surface area contributed by atoms with Crippen LogP contribution < -0.4 is 10.1 Å². The molecule has 1 N–H and O–H groups in total. The minimum absolute atomic E-state index is 0.228. The van der Waals surface area contributed by atoms with Crippen molar-refractivity contribution in [3.63, 3.8) is 0 Å². The van der Waals surface area contributed by atoms with E-state index < -0.39 is 0 Å². The first-order valence-corrected chi connectivity index (χ1v) is 6.86. The molecular weight excluding hydrogens is 224 g/mol. The normalized spacial score (nSPS) is 21.2. The lowest BCUT2D eigenvalue weighted by Crippen LogP contribution is -2.49. The summed E-state index contributed by atoms with van der Waals surface area (Å²) in [5.41, 5.74) is 1.29. The summed E-state index contributed by atoms with van der Waals surface area (Å²) in [4.78, 5) is 2.51. The van der Waals surface area contributed by atoms with Crippen LogP contribution in [0.15, 0.2) is 24.3 Å². The highest BCUT2D eigenvalue weighted by atomic mass is 16.5. The van der Waals surface area contributed by atoms with E-state index in [9.17, 15) is 0 Å². The molecule has 0 aromatic heterocycles. The molecule has 3 heteroatoms. The molecule has 1 atom stereocenters. The van der Waals surface area contributed by atoms with Gasteiger partial charge in [-0.2, -0.15) is 0 Å². The molecule has 0 bridgehead atoms. The predicted molar refractivity (Wildman–Crippen MR) is 74.9 cm³/mol. The van der Waals surface area contributed by atoms with Gasteiger partial charge in [-0.3, -0.25) is 4.90 Å². The summed E-state index contributed by atoms with van der Waals surface area (Å²) in [6.45, 7) is 10.7. The van der Waals surface area contributed by atoms with Crippen molar-refractivity contribution in [3.05, 3.63) is 29.8 Å². The SMILES string of the molecule is CC(C)Oc1ccccc1CN1CCNC[C@@H]1C. The van der Waals surface area contributed by atoms with Gasteiger partial charge in [0.1, 0.15) is 5.75 Å².